The minimum absolute atomic E-state index is 0.245. The van der Waals surface area contributed by atoms with Crippen molar-refractivity contribution in [1.29, 1.82) is 0 Å². The molecule has 0 unspecified atom stereocenters. The molecule has 25 heavy (non-hydrogen) atoms. The van der Waals surface area contributed by atoms with Gasteiger partial charge in [0.1, 0.15) is 5.82 Å². The molecule has 140 valence electrons. The van der Waals surface area contributed by atoms with Crippen molar-refractivity contribution in [3.63, 3.8) is 0 Å². The topological polar surface area (TPSA) is 70.6 Å². The van der Waals surface area contributed by atoms with Gasteiger partial charge in [-0.3, -0.25) is 4.90 Å². The van der Waals surface area contributed by atoms with Gasteiger partial charge in [-0.15, -0.1) is 0 Å². The number of nitrogens with zero attached hydrogens (tertiary/aromatic N) is 2. The van der Waals surface area contributed by atoms with Crippen LogP contribution < -0.4 is 0 Å². The number of aliphatic hydroxyl groups excluding tert-OH is 1. The van der Waals surface area contributed by atoms with E-state index >= 15 is 0 Å². The Bertz CT molecular complexity index is 533. The highest BCUT2D eigenvalue weighted by atomic mass is 16.5. The summed E-state index contributed by atoms with van der Waals surface area (Å²) in [5.74, 6) is 1.11. The molecule has 6 nitrogen and oxygen atoms in total. The summed E-state index contributed by atoms with van der Waals surface area (Å²) in [7, 11) is 0. The Morgan fingerprint density at radius 3 is 2.88 bits per heavy atom. The molecule has 4 rings (SSSR count). The minimum atomic E-state index is -0.437. The van der Waals surface area contributed by atoms with Gasteiger partial charge in [0.05, 0.1) is 30.6 Å². The predicted molar refractivity (Wildman–Crippen MR) is 94.6 cm³/mol. The molecule has 2 atom stereocenters. The summed E-state index contributed by atoms with van der Waals surface area (Å²) >= 11 is 0. The second-order valence-electron chi connectivity index (χ2n) is 7.71. The van der Waals surface area contributed by atoms with Crippen molar-refractivity contribution < 1.29 is 14.6 Å². The van der Waals surface area contributed by atoms with E-state index in [0.29, 0.717) is 19.2 Å². The van der Waals surface area contributed by atoms with E-state index in [0.717, 1.165) is 57.7 Å². The third kappa shape index (κ3) is 4.25. The number of aromatic nitrogens is 2. The first kappa shape index (κ1) is 17.5. The van der Waals surface area contributed by atoms with Gasteiger partial charge in [-0.05, 0) is 57.9 Å². The van der Waals surface area contributed by atoms with Crippen molar-refractivity contribution >= 4 is 0 Å². The van der Waals surface area contributed by atoms with Gasteiger partial charge in [0.25, 0.3) is 0 Å². The highest BCUT2D eigenvalue weighted by Gasteiger charge is 2.31. The Kier molecular flexibility index (Phi) is 5.70. The lowest BCUT2D eigenvalue weighted by molar-refractivity contribution is -0.0648. The molecule has 2 saturated heterocycles. The number of aliphatic hydroxyl groups is 1. The SMILES string of the molecule is O[C@@H](COC1CCOCC1)CN1CCC[C@@H]1c1nc2c([nH]1)CCCC2. The van der Waals surface area contributed by atoms with Crippen LogP contribution in [0, 0.1) is 0 Å². The zero-order valence-corrected chi connectivity index (χ0v) is 15.1. The molecule has 0 spiro atoms. The Morgan fingerprint density at radius 1 is 1.20 bits per heavy atom. The molecular formula is C19H31N3O3. The van der Waals surface area contributed by atoms with Crippen LogP contribution in [-0.4, -0.2) is 65.1 Å². The van der Waals surface area contributed by atoms with Crippen LogP contribution >= 0.6 is 0 Å². The summed E-state index contributed by atoms with van der Waals surface area (Å²) in [5, 5.41) is 10.4. The highest BCUT2D eigenvalue weighted by Crippen LogP contribution is 2.32. The number of imidazole rings is 1. The van der Waals surface area contributed by atoms with E-state index in [1.165, 1.54) is 30.7 Å². The van der Waals surface area contributed by atoms with Crippen molar-refractivity contribution in [2.45, 2.75) is 69.6 Å². The van der Waals surface area contributed by atoms with E-state index in [4.69, 9.17) is 14.5 Å². The van der Waals surface area contributed by atoms with Gasteiger partial charge in [0.2, 0.25) is 0 Å². The van der Waals surface area contributed by atoms with E-state index < -0.39 is 6.10 Å². The first-order valence-corrected chi connectivity index (χ1v) is 9.98. The quantitative estimate of drug-likeness (QED) is 0.822. The second kappa shape index (κ2) is 8.16. The van der Waals surface area contributed by atoms with E-state index in [2.05, 4.69) is 9.88 Å². The Morgan fingerprint density at radius 2 is 2.04 bits per heavy atom. The molecule has 1 aliphatic carbocycles. The smallest absolute Gasteiger partial charge is 0.124 e. The predicted octanol–water partition coefficient (Wildman–Crippen LogP) is 1.98. The number of likely N-dealkylation sites (tertiary alicyclic amines) is 1. The fraction of sp³-hybridized carbons (Fsp3) is 0.842. The van der Waals surface area contributed by atoms with Crippen LogP contribution in [0.15, 0.2) is 0 Å². The maximum Gasteiger partial charge on any atom is 0.124 e. The summed E-state index contributed by atoms with van der Waals surface area (Å²) in [6.07, 6.45) is 8.76. The molecule has 2 N–H and O–H groups in total. The van der Waals surface area contributed by atoms with Crippen LogP contribution in [0.25, 0.3) is 0 Å². The summed E-state index contributed by atoms with van der Waals surface area (Å²) in [5.41, 5.74) is 2.62. The first-order valence-electron chi connectivity index (χ1n) is 9.98. The van der Waals surface area contributed by atoms with Crippen molar-refractivity contribution in [3.05, 3.63) is 17.2 Å². The molecule has 3 heterocycles. The average molecular weight is 349 g/mol. The lowest BCUT2D eigenvalue weighted by Crippen LogP contribution is -2.36. The van der Waals surface area contributed by atoms with Crippen LogP contribution in [-0.2, 0) is 22.3 Å². The van der Waals surface area contributed by atoms with Crippen LogP contribution in [0.2, 0.25) is 0 Å². The molecule has 0 saturated carbocycles. The van der Waals surface area contributed by atoms with Crippen LogP contribution in [0.4, 0.5) is 0 Å². The van der Waals surface area contributed by atoms with Crippen LogP contribution in [0.3, 0.4) is 0 Å². The normalized spacial score (nSPS) is 26.7. The van der Waals surface area contributed by atoms with E-state index in [-0.39, 0.29) is 6.10 Å². The van der Waals surface area contributed by atoms with Crippen molar-refractivity contribution in [2.24, 2.45) is 0 Å². The van der Waals surface area contributed by atoms with Gasteiger partial charge in [-0.1, -0.05) is 0 Å². The average Bonchev–Trinajstić information content (AvgIpc) is 3.27. The Labute approximate surface area is 149 Å². The fourth-order valence-electron chi connectivity index (χ4n) is 4.40. The summed E-state index contributed by atoms with van der Waals surface area (Å²) < 4.78 is 11.2. The van der Waals surface area contributed by atoms with Crippen molar-refractivity contribution in [2.75, 3.05) is 32.9 Å². The largest absolute Gasteiger partial charge is 0.389 e. The maximum atomic E-state index is 10.4. The number of ether oxygens (including phenoxy) is 2. The highest BCUT2D eigenvalue weighted by molar-refractivity contribution is 5.19. The van der Waals surface area contributed by atoms with E-state index in [1.807, 2.05) is 0 Å². The lowest BCUT2D eigenvalue weighted by Gasteiger charge is -2.27. The molecule has 2 aliphatic heterocycles. The lowest BCUT2D eigenvalue weighted by atomic mass is 10.0. The molecule has 6 heteroatoms. The van der Waals surface area contributed by atoms with Crippen LogP contribution in [0.1, 0.15) is 61.8 Å². The summed E-state index contributed by atoms with van der Waals surface area (Å²) in [4.78, 5) is 10.8. The Hall–Kier alpha value is -0.950. The molecule has 0 aromatic carbocycles. The number of aromatic amines is 1. The van der Waals surface area contributed by atoms with Gasteiger partial charge >= 0.3 is 0 Å². The van der Waals surface area contributed by atoms with Crippen LogP contribution in [0.5, 0.6) is 0 Å². The standard InChI is InChI=1S/C19H31N3O3/c23-14(13-25-15-7-10-24-11-8-15)12-22-9-3-6-18(22)19-20-16-4-1-2-5-17(16)21-19/h14-15,18,23H,1-13H2,(H,20,21)/t14-,18-/m1/s1. The Balaban J connectivity index is 1.31. The second-order valence-corrected chi connectivity index (χ2v) is 7.71. The summed E-state index contributed by atoms with van der Waals surface area (Å²) in [6.45, 7) is 3.67. The number of hydrogen-bond acceptors (Lipinski definition) is 5. The molecule has 3 aliphatic rings. The van der Waals surface area contributed by atoms with Gasteiger partial charge < -0.3 is 19.6 Å². The molecular weight excluding hydrogens is 318 g/mol. The van der Waals surface area contributed by atoms with Gasteiger partial charge in [0, 0.05) is 25.5 Å². The monoisotopic (exact) mass is 349 g/mol. The van der Waals surface area contributed by atoms with Crippen molar-refractivity contribution in [3.8, 4) is 0 Å². The van der Waals surface area contributed by atoms with Crippen molar-refractivity contribution in [1.82, 2.24) is 14.9 Å². The number of hydrogen-bond donors (Lipinski definition) is 2. The number of H-pyrrole nitrogens is 1. The zero-order chi connectivity index (χ0) is 17.1. The molecule has 0 radical (unpaired) electrons. The van der Waals surface area contributed by atoms with E-state index in [9.17, 15) is 5.11 Å². The maximum absolute atomic E-state index is 10.4. The molecule has 0 amide bonds. The summed E-state index contributed by atoms with van der Waals surface area (Å²) in [6, 6.07) is 0.323. The van der Waals surface area contributed by atoms with Gasteiger partial charge in [0.15, 0.2) is 0 Å². The first-order chi connectivity index (χ1) is 12.3. The number of aryl methyl sites for hydroxylation is 2. The zero-order valence-electron chi connectivity index (χ0n) is 15.1. The number of rotatable bonds is 6. The molecule has 1 aromatic heterocycles. The number of fused-ring (bicyclic) bond motifs is 1. The third-order valence-corrected chi connectivity index (χ3v) is 5.79. The fourth-order valence-corrected chi connectivity index (χ4v) is 4.40. The number of nitrogens with one attached hydrogen (secondary N) is 1. The molecule has 2 fully saturated rings. The van der Waals surface area contributed by atoms with Gasteiger partial charge in [-0.25, -0.2) is 4.98 Å². The molecule has 0 bridgehead atoms. The number of β-amino-alcohol motifs (C(OH)–C–C–N with tert-alkyl or cyclic N) is 1. The molecule has 1 aromatic rings. The van der Waals surface area contributed by atoms with Gasteiger partial charge in [-0.2, -0.15) is 0 Å². The third-order valence-electron chi connectivity index (χ3n) is 5.79. The van der Waals surface area contributed by atoms with E-state index in [1.54, 1.807) is 0 Å². The minimum Gasteiger partial charge on any atom is -0.389 e.